The molecule has 1 saturated heterocycles. The summed E-state index contributed by atoms with van der Waals surface area (Å²) < 4.78 is 19.5. The lowest BCUT2D eigenvalue weighted by atomic mass is 9.99. The van der Waals surface area contributed by atoms with E-state index in [0.717, 1.165) is 9.35 Å². The maximum Gasteiger partial charge on any atom is 0.247 e. The van der Waals surface area contributed by atoms with E-state index in [9.17, 15) is 20.4 Å². The predicted octanol–water partition coefficient (Wildman–Crippen LogP) is 0.408. The van der Waals surface area contributed by atoms with Gasteiger partial charge in [-0.2, -0.15) is 9.97 Å². The lowest BCUT2D eigenvalue weighted by molar-refractivity contribution is -0.301. The molecule has 1 fully saturated rings. The summed E-state index contributed by atoms with van der Waals surface area (Å²) in [5.74, 6) is 0.402. The topological polar surface area (TPSA) is 178 Å². The first-order valence-corrected chi connectivity index (χ1v) is 12.3. The van der Waals surface area contributed by atoms with E-state index in [2.05, 4.69) is 30.9 Å². The average molecular weight is 560 g/mol. The fourth-order valence-corrected chi connectivity index (χ4v) is 4.92. The van der Waals surface area contributed by atoms with Crippen molar-refractivity contribution in [2.45, 2.75) is 56.7 Å². The molecule has 0 radical (unpaired) electrons. The maximum absolute atomic E-state index is 10.0. The van der Waals surface area contributed by atoms with Gasteiger partial charge in [-0.25, -0.2) is 4.98 Å². The normalized spacial score (nSPS) is 25.1. The fraction of sp³-hybridized carbons (Fsp3) is 0.550. The van der Waals surface area contributed by atoms with Gasteiger partial charge in [0.1, 0.15) is 31.0 Å². The third-order valence-electron chi connectivity index (χ3n) is 5.35. The molecule has 6 N–H and O–H groups in total. The van der Waals surface area contributed by atoms with Crippen LogP contribution in [0.1, 0.15) is 17.7 Å². The summed E-state index contributed by atoms with van der Waals surface area (Å²) >= 11 is 4.98. The molecule has 5 atom stereocenters. The third-order valence-corrected chi connectivity index (χ3v) is 7.02. The number of hydrogen-bond acceptors (Lipinski definition) is 12. The van der Waals surface area contributed by atoms with E-state index in [-0.39, 0.29) is 12.6 Å². The fourth-order valence-electron chi connectivity index (χ4n) is 3.56. The van der Waals surface area contributed by atoms with Crippen molar-refractivity contribution in [2.75, 3.05) is 18.9 Å². The second-order valence-electron chi connectivity index (χ2n) is 7.79. The minimum Gasteiger partial charge on any atom is -0.470 e. The number of imidazole rings is 1. The molecule has 0 aromatic carbocycles. The van der Waals surface area contributed by atoms with Crippen LogP contribution in [0.5, 0.6) is 5.88 Å². The number of hydrogen-bond donors (Lipinski definition) is 5. The molecule has 12 nitrogen and oxygen atoms in total. The average Bonchev–Trinajstić information content (AvgIpc) is 3.43. The highest BCUT2D eigenvalue weighted by Crippen LogP contribution is 2.26. The Morgan fingerprint density at radius 1 is 1.18 bits per heavy atom. The third kappa shape index (κ3) is 5.66. The number of thiophene rings is 1. The van der Waals surface area contributed by atoms with Gasteiger partial charge in [0.05, 0.1) is 12.9 Å². The Hall–Kier alpha value is -1.91. The SMILES string of the molecule is Nc1nc(OCc2cc(Br)cs2)c2ncn(CCCCO[C@@H]3O[C@H](CO)[C@@H](O)[C@H](O)[C@H]3O)c2n1. The summed E-state index contributed by atoms with van der Waals surface area (Å²) in [6, 6.07) is 1.97. The van der Waals surface area contributed by atoms with Gasteiger partial charge >= 0.3 is 0 Å². The van der Waals surface area contributed by atoms with Gasteiger partial charge in [-0.3, -0.25) is 0 Å². The van der Waals surface area contributed by atoms with E-state index >= 15 is 0 Å². The lowest BCUT2D eigenvalue weighted by Gasteiger charge is -2.39. The highest BCUT2D eigenvalue weighted by atomic mass is 79.9. The van der Waals surface area contributed by atoms with E-state index in [1.165, 1.54) is 0 Å². The number of halogens is 1. The summed E-state index contributed by atoms with van der Waals surface area (Å²) in [7, 11) is 0. The van der Waals surface area contributed by atoms with Crippen LogP contribution in [0.2, 0.25) is 0 Å². The highest BCUT2D eigenvalue weighted by molar-refractivity contribution is 9.10. The number of anilines is 1. The Bertz CT molecular complexity index is 1100. The summed E-state index contributed by atoms with van der Waals surface area (Å²) in [6.07, 6.45) is -3.49. The first-order chi connectivity index (χ1) is 16.4. The van der Waals surface area contributed by atoms with Crippen molar-refractivity contribution in [3.8, 4) is 5.88 Å². The molecule has 1 aliphatic heterocycles. The van der Waals surface area contributed by atoms with Crippen LogP contribution in [0.3, 0.4) is 0 Å². The molecule has 3 aromatic heterocycles. The van der Waals surface area contributed by atoms with E-state index in [0.29, 0.717) is 43.0 Å². The molecule has 0 aliphatic carbocycles. The molecule has 0 saturated carbocycles. The van der Waals surface area contributed by atoms with Crippen LogP contribution in [0.25, 0.3) is 11.2 Å². The van der Waals surface area contributed by atoms with Crippen molar-refractivity contribution in [2.24, 2.45) is 0 Å². The molecule has 4 rings (SSSR count). The van der Waals surface area contributed by atoms with Crippen LogP contribution in [0.15, 0.2) is 22.2 Å². The molecule has 34 heavy (non-hydrogen) atoms. The molecule has 186 valence electrons. The van der Waals surface area contributed by atoms with E-state index < -0.39 is 37.3 Å². The number of nitrogens with two attached hydrogens (primary N) is 1. The van der Waals surface area contributed by atoms with Crippen molar-refractivity contribution < 1.29 is 34.6 Å². The molecule has 0 bridgehead atoms. The predicted molar refractivity (Wildman–Crippen MR) is 125 cm³/mol. The Morgan fingerprint density at radius 3 is 2.74 bits per heavy atom. The molecule has 1 aliphatic rings. The monoisotopic (exact) mass is 559 g/mol. The van der Waals surface area contributed by atoms with Crippen molar-refractivity contribution >= 4 is 44.4 Å². The van der Waals surface area contributed by atoms with E-state index in [1.54, 1.807) is 17.7 Å². The summed E-state index contributed by atoms with van der Waals surface area (Å²) in [6.45, 7) is 0.642. The van der Waals surface area contributed by atoms with E-state index in [4.69, 9.17) is 19.9 Å². The van der Waals surface area contributed by atoms with Crippen LogP contribution >= 0.6 is 27.3 Å². The number of unbranched alkanes of at least 4 members (excludes halogenated alkanes) is 1. The first-order valence-electron chi connectivity index (χ1n) is 10.6. The number of nitrogen functional groups attached to an aromatic ring is 1. The smallest absolute Gasteiger partial charge is 0.247 e. The molecule has 3 aromatic rings. The van der Waals surface area contributed by atoms with Crippen molar-refractivity contribution in [1.29, 1.82) is 0 Å². The van der Waals surface area contributed by atoms with Crippen LogP contribution < -0.4 is 10.5 Å². The zero-order chi connectivity index (χ0) is 24.2. The van der Waals surface area contributed by atoms with Gasteiger partial charge in [-0.05, 0) is 34.8 Å². The number of fused-ring (bicyclic) bond motifs is 1. The second-order valence-corrected chi connectivity index (χ2v) is 9.70. The van der Waals surface area contributed by atoms with Crippen LogP contribution in [-0.2, 0) is 22.6 Å². The minimum absolute atomic E-state index is 0.0857. The van der Waals surface area contributed by atoms with Crippen molar-refractivity contribution in [3.05, 3.63) is 27.1 Å². The van der Waals surface area contributed by atoms with Gasteiger partial charge in [0.2, 0.25) is 11.8 Å². The summed E-state index contributed by atoms with van der Waals surface area (Å²) in [5.41, 5.74) is 6.96. The minimum atomic E-state index is -1.46. The Labute approximate surface area is 207 Å². The van der Waals surface area contributed by atoms with Crippen molar-refractivity contribution in [1.82, 2.24) is 19.5 Å². The van der Waals surface area contributed by atoms with Gasteiger partial charge in [-0.1, -0.05) is 0 Å². The van der Waals surface area contributed by atoms with Crippen LogP contribution in [-0.4, -0.2) is 83.9 Å². The van der Waals surface area contributed by atoms with E-state index in [1.807, 2.05) is 16.0 Å². The van der Waals surface area contributed by atoms with Gasteiger partial charge in [0.25, 0.3) is 0 Å². The zero-order valence-electron chi connectivity index (χ0n) is 18.0. The van der Waals surface area contributed by atoms with Gasteiger partial charge in [0, 0.05) is 27.9 Å². The molecular formula is C20H26BrN5O7S. The largest absolute Gasteiger partial charge is 0.470 e. The lowest BCUT2D eigenvalue weighted by Crippen LogP contribution is -2.59. The zero-order valence-corrected chi connectivity index (χ0v) is 20.4. The summed E-state index contributed by atoms with van der Waals surface area (Å²) in [5, 5.41) is 40.9. The second kappa shape index (κ2) is 11.2. The number of aryl methyl sites for hydroxylation is 1. The number of nitrogens with zero attached hydrogens (tertiary/aromatic N) is 4. The Morgan fingerprint density at radius 2 is 2.00 bits per heavy atom. The first kappa shape index (κ1) is 25.2. The molecule has 14 heteroatoms. The molecule has 4 heterocycles. The number of aromatic nitrogens is 4. The van der Waals surface area contributed by atoms with Crippen molar-refractivity contribution in [3.63, 3.8) is 0 Å². The van der Waals surface area contributed by atoms with Gasteiger partial charge < -0.3 is 44.9 Å². The molecule has 0 amide bonds. The molecule has 0 unspecified atom stereocenters. The molecule has 0 spiro atoms. The summed E-state index contributed by atoms with van der Waals surface area (Å²) in [4.78, 5) is 13.9. The highest BCUT2D eigenvalue weighted by Gasteiger charge is 2.43. The number of aliphatic hydroxyl groups excluding tert-OH is 4. The van der Waals surface area contributed by atoms with Crippen LogP contribution in [0.4, 0.5) is 5.95 Å². The number of ether oxygens (including phenoxy) is 3. The quantitative estimate of drug-likeness (QED) is 0.217. The Kier molecular flexibility index (Phi) is 8.31. The molecular weight excluding hydrogens is 534 g/mol. The Balaban J connectivity index is 1.30. The maximum atomic E-state index is 10.0. The van der Waals surface area contributed by atoms with Gasteiger partial charge in [0.15, 0.2) is 17.5 Å². The van der Waals surface area contributed by atoms with Gasteiger partial charge in [-0.15, -0.1) is 11.3 Å². The standard InChI is InChI=1S/C20H26BrN5O7S/c21-10-5-11(34-8-10)7-32-18-13-17(24-20(22)25-18)26(9-23-13)3-1-2-4-31-19-16(30)15(29)14(28)12(6-27)33-19/h5,8-9,12,14-16,19,27-30H,1-4,6-7H2,(H2,22,24,25)/t12-,14-,15+,16-,19-/m1/s1. The number of rotatable bonds is 10. The number of aliphatic hydroxyl groups is 4. The van der Waals surface area contributed by atoms with Crippen LogP contribution in [0, 0.1) is 0 Å².